The van der Waals surface area contributed by atoms with Crippen molar-refractivity contribution in [3.8, 4) is 0 Å². The molecule has 0 saturated heterocycles. The summed E-state index contributed by atoms with van der Waals surface area (Å²) in [7, 11) is 0. The molecule has 1 aromatic carbocycles. The van der Waals surface area contributed by atoms with Gasteiger partial charge in [-0.15, -0.1) is 0 Å². The number of rotatable bonds is 3. The Hall–Kier alpha value is -1.17. The van der Waals surface area contributed by atoms with E-state index in [2.05, 4.69) is 0 Å². The van der Waals surface area contributed by atoms with Crippen LogP contribution >= 0.6 is 11.6 Å². The molecule has 14 heavy (non-hydrogen) atoms. The molecule has 0 fully saturated rings. The highest BCUT2D eigenvalue weighted by Crippen LogP contribution is 2.26. The molecule has 0 aliphatic carbocycles. The molecule has 1 aromatic rings. The second-order valence-electron chi connectivity index (χ2n) is 2.75. The van der Waals surface area contributed by atoms with Crippen molar-refractivity contribution in [2.24, 2.45) is 5.73 Å². The number of hydrogen-bond acceptors (Lipinski definition) is 4. The maximum Gasteiger partial charge on any atom is 0.274 e. The lowest BCUT2D eigenvalue weighted by molar-refractivity contribution is -0.385. The van der Waals surface area contributed by atoms with E-state index in [-0.39, 0.29) is 17.9 Å². The summed E-state index contributed by atoms with van der Waals surface area (Å²) >= 11 is 5.66. The van der Waals surface area contributed by atoms with Crippen LogP contribution < -0.4 is 5.73 Å². The van der Waals surface area contributed by atoms with Crippen molar-refractivity contribution in [1.82, 2.24) is 0 Å². The smallest absolute Gasteiger partial charge is 0.274 e. The Bertz CT molecular complexity index is 356. The molecule has 1 unspecified atom stereocenters. The summed E-state index contributed by atoms with van der Waals surface area (Å²) in [6.07, 6.45) is 0. The van der Waals surface area contributed by atoms with Crippen LogP contribution in [0.5, 0.6) is 0 Å². The molecule has 1 rings (SSSR count). The number of nitro benzene ring substituents is 1. The molecular weight excluding hydrogens is 208 g/mol. The summed E-state index contributed by atoms with van der Waals surface area (Å²) in [5.41, 5.74) is 5.60. The normalized spacial score (nSPS) is 12.5. The first-order valence-electron chi connectivity index (χ1n) is 3.86. The molecule has 1 atom stereocenters. The predicted molar refractivity (Wildman–Crippen MR) is 52.1 cm³/mol. The van der Waals surface area contributed by atoms with E-state index in [4.69, 9.17) is 22.4 Å². The Morgan fingerprint density at radius 3 is 2.79 bits per heavy atom. The molecule has 5 nitrogen and oxygen atoms in total. The number of aliphatic hydroxyl groups is 1. The second kappa shape index (κ2) is 4.36. The minimum absolute atomic E-state index is 0.129. The molecule has 76 valence electrons. The SMILES string of the molecule is NC(CO)c1cc(Cl)ccc1[N+](=O)[O-]. The third-order valence-electron chi connectivity index (χ3n) is 1.78. The van der Waals surface area contributed by atoms with Crippen LogP contribution in [0.4, 0.5) is 5.69 Å². The van der Waals surface area contributed by atoms with Crippen molar-refractivity contribution in [3.63, 3.8) is 0 Å². The quantitative estimate of drug-likeness (QED) is 0.588. The highest BCUT2D eigenvalue weighted by atomic mass is 35.5. The first-order chi connectivity index (χ1) is 6.56. The van der Waals surface area contributed by atoms with Gasteiger partial charge in [-0.05, 0) is 12.1 Å². The summed E-state index contributed by atoms with van der Waals surface area (Å²) in [6.45, 7) is -0.360. The number of hydrogen-bond donors (Lipinski definition) is 2. The number of nitro groups is 1. The molecule has 0 aromatic heterocycles. The van der Waals surface area contributed by atoms with Crippen LogP contribution in [0, 0.1) is 10.1 Å². The molecule has 0 bridgehead atoms. The van der Waals surface area contributed by atoms with Gasteiger partial charge in [0.05, 0.1) is 23.1 Å². The molecule has 0 radical (unpaired) electrons. The van der Waals surface area contributed by atoms with E-state index in [9.17, 15) is 10.1 Å². The Labute approximate surface area is 85.3 Å². The van der Waals surface area contributed by atoms with Gasteiger partial charge >= 0.3 is 0 Å². The molecule has 0 spiro atoms. The van der Waals surface area contributed by atoms with Gasteiger partial charge in [0.1, 0.15) is 0 Å². The lowest BCUT2D eigenvalue weighted by Gasteiger charge is -2.08. The van der Waals surface area contributed by atoms with Gasteiger partial charge in [-0.2, -0.15) is 0 Å². The zero-order valence-corrected chi connectivity index (χ0v) is 7.94. The van der Waals surface area contributed by atoms with E-state index in [1.54, 1.807) is 0 Å². The van der Waals surface area contributed by atoms with Gasteiger partial charge in [0, 0.05) is 11.1 Å². The third-order valence-corrected chi connectivity index (χ3v) is 2.02. The van der Waals surface area contributed by atoms with Gasteiger partial charge in [0.25, 0.3) is 5.69 Å². The molecular formula is C8H9ClN2O3. The Morgan fingerprint density at radius 2 is 2.29 bits per heavy atom. The van der Waals surface area contributed by atoms with E-state index in [0.717, 1.165) is 0 Å². The number of nitrogens with zero attached hydrogens (tertiary/aromatic N) is 1. The zero-order valence-electron chi connectivity index (χ0n) is 7.18. The van der Waals surface area contributed by atoms with E-state index >= 15 is 0 Å². The van der Waals surface area contributed by atoms with E-state index in [0.29, 0.717) is 5.02 Å². The summed E-state index contributed by atoms with van der Waals surface area (Å²) in [5, 5.41) is 19.7. The van der Waals surface area contributed by atoms with E-state index in [1.807, 2.05) is 0 Å². The third kappa shape index (κ3) is 2.20. The van der Waals surface area contributed by atoms with Crippen molar-refractivity contribution in [3.05, 3.63) is 38.9 Å². The van der Waals surface area contributed by atoms with Gasteiger partial charge in [-0.25, -0.2) is 0 Å². The van der Waals surface area contributed by atoms with Crippen molar-refractivity contribution in [2.45, 2.75) is 6.04 Å². The summed E-state index contributed by atoms with van der Waals surface area (Å²) in [6, 6.07) is 3.29. The average Bonchev–Trinajstić information content (AvgIpc) is 2.16. The highest BCUT2D eigenvalue weighted by Gasteiger charge is 2.18. The fourth-order valence-electron chi connectivity index (χ4n) is 1.09. The number of benzene rings is 1. The van der Waals surface area contributed by atoms with Crippen molar-refractivity contribution >= 4 is 17.3 Å². The van der Waals surface area contributed by atoms with Crippen molar-refractivity contribution in [1.29, 1.82) is 0 Å². The first kappa shape index (κ1) is 10.9. The fraction of sp³-hybridized carbons (Fsp3) is 0.250. The van der Waals surface area contributed by atoms with Crippen molar-refractivity contribution < 1.29 is 10.0 Å². The van der Waals surface area contributed by atoms with Crippen LogP contribution in [0.1, 0.15) is 11.6 Å². The van der Waals surface area contributed by atoms with Crippen LogP contribution in [-0.4, -0.2) is 16.6 Å². The van der Waals surface area contributed by atoms with Crippen LogP contribution in [-0.2, 0) is 0 Å². The minimum atomic E-state index is -0.783. The molecule has 0 aliphatic rings. The largest absolute Gasteiger partial charge is 0.394 e. The predicted octanol–water partition coefficient (Wildman–Crippen LogP) is 1.24. The molecule has 3 N–H and O–H groups in total. The summed E-state index contributed by atoms with van der Waals surface area (Å²) in [5.74, 6) is 0. The van der Waals surface area contributed by atoms with Gasteiger partial charge in [0.15, 0.2) is 0 Å². The van der Waals surface area contributed by atoms with Crippen molar-refractivity contribution in [2.75, 3.05) is 6.61 Å². The highest BCUT2D eigenvalue weighted by molar-refractivity contribution is 6.30. The van der Waals surface area contributed by atoms with Gasteiger partial charge in [-0.3, -0.25) is 10.1 Å². The maximum absolute atomic E-state index is 10.6. The Kier molecular flexibility index (Phi) is 3.40. The number of nitrogens with two attached hydrogens (primary N) is 1. The average molecular weight is 217 g/mol. The van der Waals surface area contributed by atoms with Crippen LogP contribution in [0.15, 0.2) is 18.2 Å². The Balaban J connectivity index is 3.22. The lowest BCUT2D eigenvalue weighted by Crippen LogP contribution is -2.16. The lowest BCUT2D eigenvalue weighted by atomic mass is 10.1. The fourth-order valence-corrected chi connectivity index (χ4v) is 1.27. The molecule has 0 aliphatic heterocycles. The standard InChI is InChI=1S/C8H9ClN2O3/c9-5-1-2-8(11(13)14)6(3-5)7(10)4-12/h1-3,7,12H,4,10H2. The molecule has 6 heteroatoms. The molecule has 0 saturated carbocycles. The summed E-state index contributed by atoms with van der Waals surface area (Å²) < 4.78 is 0. The van der Waals surface area contributed by atoms with Crippen LogP contribution in [0.2, 0.25) is 5.02 Å². The molecule has 0 amide bonds. The van der Waals surface area contributed by atoms with Crippen LogP contribution in [0.25, 0.3) is 0 Å². The minimum Gasteiger partial charge on any atom is -0.394 e. The monoisotopic (exact) mass is 216 g/mol. The van der Waals surface area contributed by atoms with Gasteiger partial charge in [-0.1, -0.05) is 11.6 Å². The van der Waals surface area contributed by atoms with Gasteiger partial charge < -0.3 is 10.8 Å². The first-order valence-corrected chi connectivity index (χ1v) is 4.24. The summed E-state index contributed by atoms with van der Waals surface area (Å²) in [4.78, 5) is 10.0. The zero-order chi connectivity index (χ0) is 10.7. The maximum atomic E-state index is 10.6. The Morgan fingerprint density at radius 1 is 1.64 bits per heavy atom. The number of halogens is 1. The topological polar surface area (TPSA) is 89.4 Å². The van der Waals surface area contributed by atoms with E-state index in [1.165, 1.54) is 18.2 Å². The second-order valence-corrected chi connectivity index (χ2v) is 3.19. The number of aliphatic hydroxyl groups excluding tert-OH is 1. The van der Waals surface area contributed by atoms with Gasteiger partial charge in [0.2, 0.25) is 0 Å². The molecule has 0 heterocycles. The van der Waals surface area contributed by atoms with E-state index < -0.39 is 11.0 Å². The van der Waals surface area contributed by atoms with Crippen LogP contribution in [0.3, 0.4) is 0 Å².